The number of carbonyl (C=O) groups is 2. The Balaban J connectivity index is 1.90. The zero-order valence-electron chi connectivity index (χ0n) is 11.6. The number of piperazine rings is 1. The number of rotatable bonds is 3. The summed E-state index contributed by atoms with van der Waals surface area (Å²) >= 11 is 0. The van der Waals surface area contributed by atoms with E-state index in [0.29, 0.717) is 13.1 Å². The number of amides is 2. The van der Waals surface area contributed by atoms with Gasteiger partial charge in [0.05, 0.1) is 12.5 Å². The van der Waals surface area contributed by atoms with Crippen LogP contribution in [0.2, 0.25) is 0 Å². The Kier molecular flexibility index (Phi) is 4.76. The molecule has 108 valence electrons. The Morgan fingerprint density at radius 2 is 1.95 bits per heavy atom. The maximum Gasteiger partial charge on any atom is 0.237 e. The van der Waals surface area contributed by atoms with Crippen molar-refractivity contribution in [3.8, 4) is 0 Å². The highest BCUT2D eigenvalue weighted by molar-refractivity contribution is 5.81. The first kappa shape index (κ1) is 14.3. The van der Waals surface area contributed by atoms with Crippen LogP contribution in [0.15, 0.2) is 0 Å². The zero-order valence-corrected chi connectivity index (χ0v) is 11.6. The quantitative estimate of drug-likeness (QED) is 0.688. The summed E-state index contributed by atoms with van der Waals surface area (Å²) in [6.07, 6.45) is 1.66. The van der Waals surface area contributed by atoms with Gasteiger partial charge in [0, 0.05) is 38.8 Å². The molecule has 2 rings (SSSR count). The second-order valence-corrected chi connectivity index (χ2v) is 5.60. The maximum absolute atomic E-state index is 12.4. The van der Waals surface area contributed by atoms with Crippen LogP contribution in [0.25, 0.3) is 0 Å². The Morgan fingerprint density at radius 1 is 1.26 bits per heavy atom. The summed E-state index contributed by atoms with van der Waals surface area (Å²) in [5, 5.41) is 3.27. The molecule has 0 saturated carbocycles. The lowest BCUT2D eigenvalue weighted by Crippen LogP contribution is -2.53. The number of primary amides is 1. The van der Waals surface area contributed by atoms with Crippen LogP contribution in [0, 0.1) is 5.92 Å². The average Bonchev–Trinajstić information content (AvgIpc) is 2.40. The Labute approximate surface area is 114 Å². The minimum atomic E-state index is -0.285. The third-order valence-electron chi connectivity index (χ3n) is 4.17. The molecule has 2 aliphatic rings. The topological polar surface area (TPSA) is 78.7 Å². The van der Waals surface area contributed by atoms with Crippen molar-refractivity contribution in [2.75, 3.05) is 39.3 Å². The van der Waals surface area contributed by atoms with Gasteiger partial charge in [-0.05, 0) is 19.8 Å². The molecule has 0 spiro atoms. The van der Waals surface area contributed by atoms with Gasteiger partial charge >= 0.3 is 0 Å². The molecular weight excluding hydrogens is 244 g/mol. The second-order valence-electron chi connectivity index (χ2n) is 5.60. The first-order chi connectivity index (χ1) is 9.08. The van der Waals surface area contributed by atoms with Crippen molar-refractivity contribution in [2.24, 2.45) is 11.7 Å². The summed E-state index contributed by atoms with van der Waals surface area (Å²) in [5.41, 5.74) is 5.36. The summed E-state index contributed by atoms with van der Waals surface area (Å²) in [4.78, 5) is 27.6. The highest BCUT2D eigenvalue weighted by atomic mass is 16.2. The van der Waals surface area contributed by atoms with Crippen LogP contribution in [0.1, 0.15) is 19.8 Å². The summed E-state index contributed by atoms with van der Waals surface area (Å²) in [6.45, 7) is 6.69. The molecule has 0 aliphatic carbocycles. The number of likely N-dealkylation sites (tertiary alicyclic amines) is 1. The van der Waals surface area contributed by atoms with E-state index in [1.807, 2.05) is 11.8 Å². The molecule has 19 heavy (non-hydrogen) atoms. The molecule has 0 aromatic rings. The van der Waals surface area contributed by atoms with Crippen LogP contribution in [0.5, 0.6) is 0 Å². The van der Waals surface area contributed by atoms with Crippen LogP contribution in [-0.2, 0) is 9.59 Å². The van der Waals surface area contributed by atoms with Gasteiger partial charge in [-0.3, -0.25) is 14.5 Å². The molecule has 2 aliphatic heterocycles. The highest BCUT2D eigenvalue weighted by Gasteiger charge is 2.32. The van der Waals surface area contributed by atoms with Crippen LogP contribution in [-0.4, -0.2) is 66.9 Å². The number of hydrogen-bond acceptors (Lipinski definition) is 4. The fourth-order valence-corrected chi connectivity index (χ4v) is 2.84. The van der Waals surface area contributed by atoms with Crippen molar-refractivity contribution < 1.29 is 9.59 Å². The maximum atomic E-state index is 12.4. The van der Waals surface area contributed by atoms with Crippen LogP contribution in [0.3, 0.4) is 0 Å². The third-order valence-corrected chi connectivity index (χ3v) is 4.17. The summed E-state index contributed by atoms with van der Waals surface area (Å²) in [7, 11) is 0. The van der Waals surface area contributed by atoms with Crippen LogP contribution in [0.4, 0.5) is 0 Å². The molecule has 2 atom stereocenters. The van der Waals surface area contributed by atoms with Gasteiger partial charge in [0.25, 0.3) is 0 Å². The minimum absolute atomic E-state index is 0.125. The molecule has 6 nitrogen and oxygen atoms in total. The molecule has 2 saturated heterocycles. The largest absolute Gasteiger partial charge is 0.369 e. The average molecular weight is 268 g/mol. The van der Waals surface area contributed by atoms with Gasteiger partial charge < -0.3 is 16.0 Å². The molecule has 3 N–H and O–H groups in total. The van der Waals surface area contributed by atoms with E-state index in [0.717, 1.165) is 39.0 Å². The number of piperidine rings is 1. The lowest BCUT2D eigenvalue weighted by atomic mass is 9.93. The van der Waals surface area contributed by atoms with Gasteiger partial charge in [-0.15, -0.1) is 0 Å². The molecule has 2 fully saturated rings. The predicted octanol–water partition coefficient (Wildman–Crippen LogP) is -0.996. The fraction of sp³-hybridized carbons (Fsp3) is 0.846. The Hall–Kier alpha value is -1.14. The van der Waals surface area contributed by atoms with Crippen molar-refractivity contribution >= 4 is 11.8 Å². The molecule has 0 aromatic carbocycles. The Morgan fingerprint density at radius 3 is 2.58 bits per heavy atom. The smallest absolute Gasteiger partial charge is 0.237 e. The lowest BCUT2D eigenvalue weighted by Gasteiger charge is -2.38. The van der Waals surface area contributed by atoms with Crippen molar-refractivity contribution in [2.45, 2.75) is 25.8 Å². The zero-order chi connectivity index (χ0) is 13.8. The third kappa shape index (κ3) is 3.67. The van der Waals surface area contributed by atoms with E-state index in [2.05, 4.69) is 10.2 Å². The molecule has 2 heterocycles. The van der Waals surface area contributed by atoms with Gasteiger partial charge in [0.15, 0.2) is 0 Å². The van der Waals surface area contributed by atoms with E-state index in [-0.39, 0.29) is 23.8 Å². The monoisotopic (exact) mass is 268 g/mol. The van der Waals surface area contributed by atoms with Gasteiger partial charge in [-0.2, -0.15) is 0 Å². The SMILES string of the molecule is CC1CCC(C(N)=O)CN1C(=O)CN1CCNCC1. The summed E-state index contributed by atoms with van der Waals surface area (Å²) in [5.74, 6) is -0.338. The van der Waals surface area contributed by atoms with E-state index in [9.17, 15) is 9.59 Å². The fourth-order valence-electron chi connectivity index (χ4n) is 2.84. The first-order valence-corrected chi connectivity index (χ1v) is 7.10. The Bertz CT molecular complexity index is 342. The van der Waals surface area contributed by atoms with Gasteiger partial charge in [0.2, 0.25) is 11.8 Å². The number of nitrogens with two attached hydrogens (primary N) is 1. The standard InChI is InChI=1S/C13H24N4O2/c1-10-2-3-11(13(14)19)8-17(10)12(18)9-16-6-4-15-5-7-16/h10-11,15H,2-9H2,1H3,(H2,14,19). The minimum Gasteiger partial charge on any atom is -0.369 e. The van der Waals surface area contributed by atoms with Crippen molar-refractivity contribution in [3.05, 3.63) is 0 Å². The number of nitrogens with zero attached hydrogens (tertiary/aromatic N) is 2. The van der Waals surface area contributed by atoms with E-state index >= 15 is 0 Å². The van der Waals surface area contributed by atoms with Gasteiger partial charge in [-0.1, -0.05) is 0 Å². The van der Waals surface area contributed by atoms with Crippen LogP contribution >= 0.6 is 0 Å². The molecule has 0 aromatic heterocycles. The predicted molar refractivity (Wildman–Crippen MR) is 72.4 cm³/mol. The molecule has 6 heteroatoms. The highest BCUT2D eigenvalue weighted by Crippen LogP contribution is 2.21. The molecule has 2 amide bonds. The van der Waals surface area contributed by atoms with Crippen molar-refractivity contribution in [3.63, 3.8) is 0 Å². The molecule has 0 bridgehead atoms. The normalized spacial score (nSPS) is 29.2. The molecule has 2 unspecified atom stereocenters. The summed E-state index contributed by atoms with van der Waals surface area (Å²) < 4.78 is 0. The number of nitrogens with one attached hydrogen (secondary N) is 1. The van der Waals surface area contributed by atoms with E-state index in [4.69, 9.17) is 5.73 Å². The second kappa shape index (κ2) is 6.34. The van der Waals surface area contributed by atoms with E-state index < -0.39 is 0 Å². The number of carbonyl (C=O) groups excluding carboxylic acids is 2. The van der Waals surface area contributed by atoms with Crippen molar-refractivity contribution in [1.29, 1.82) is 0 Å². The van der Waals surface area contributed by atoms with E-state index in [1.165, 1.54) is 0 Å². The number of hydrogen-bond donors (Lipinski definition) is 2. The lowest BCUT2D eigenvalue weighted by molar-refractivity contribution is -0.138. The van der Waals surface area contributed by atoms with Gasteiger partial charge in [-0.25, -0.2) is 0 Å². The summed E-state index contributed by atoms with van der Waals surface area (Å²) in [6, 6.07) is 0.214. The van der Waals surface area contributed by atoms with E-state index in [1.54, 1.807) is 0 Å². The van der Waals surface area contributed by atoms with Gasteiger partial charge in [0.1, 0.15) is 0 Å². The molecule has 0 radical (unpaired) electrons. The van der Waals surface area contributed by atoms with Crippen molar-refractivity contribution in [1.82, 2.24) is 15.1 Å². The first-order valence-electron chi connectivity index (χ1n) is 7.10. The molecular formula is C13H24N4O2. The van der Waals surface area contributed by atoms with Crippen LogP contribution < -0.4 is 11.1 Å².